The van der Waals surface area contributed by atoms with Gasteiger partial charge in [0.05, 0.1) is 17.5 Å². The maximum atomic E-state index is 11.7. The van der Waals surface area contributed by atoms with E-state index in [4.69, 9.17) is 5.11 Å². The van der Waals surface area contributed by atoms with Crippen LogP contribution in [0.15, 0.2) is 11.4 Å². The van der Waals surface area contributed by atoms with E-state index in [0.717, 1.165) is 23.3 Å². The Morgan fingerprint density at radius 3 is 2.93 bits per heavy atom. The first-order valence-electron chi connectivity index (χ1n) is 5.17. The lowest BCUT2D eigenvalue weighted by atomic mass is 10.2. The molecule has 1 aromatic heterocycles. The van der Waals surface area contributed by atoms with Crippen LogP contribution in [0.25, 0.3) is 0 Å². The molecule has 0 saturated heterocycles. The lowest BCUT2D eigenvalue weighted by molar-refractivity contribution is 0.0912. The fourth-order valence-corrected chi connectivity index (χ4v) is 2.40. The quantitative estimate of drug-likeness (QED) is 0.817. The molecular formula is C11H15NO2S. The number of hydrogen-bond acceptors (Lipinski definition) is 3. The Bertz CT molecular complexity index is 357. The second-order valence-electron chi connectivity index (χ2n) is 4.09. The van der Waals surface area contributed by atoms with E-state index in [1.807, 2.05) is 18.4 Å². The van der Waals surface area contributed by atoms with E-state index >= 15 is 0 Å². The average Bonchev–Trinajstić information content (AvgIpc) is 2.97. The molecule has 2 rings (SSSR count). The first-order valence-corrected chi connectivity index (χ1v) is 6.05. The van der Waals surface area contributed by atoms with Gasteiger partial charge in [0, 0.05) is 0 Å². The molecule has 0 aliphatic heterocycles. The van der Waals surface area contributed by atoms with Gasteiger partial charge in [-0.05, 0) is 42.7 Å². The average molecular weight is 225 g/mol. The van der Waals surface area contributed by atoms with Crippen molar-refractivity contribution >= 4 is 17.2 Å². The molecule has 3 nitrogen and oxygen atoms in total. The predicted octanol–water partition coefficient (Wildman–Crippen LogP) is 1.56. The van der Waals surface area contributed by atoms with E-state index in [1.54, 1.807) is 0 Å². The van der Waals surface area contributed by atoms with Gasteiger partial charge in [0.25, 0.3) is 5.91 Å². The Kier molecular flexibility index (Phi) is 3.07. The van der Waals surface area contributed by atoms with Crippen LogP contribution >= 0.6 is 11.3 Å². The molecule has 1 fully saturated rings. The van der Waals surface area contributed by atoms with Crippen molar-refractivity contribution in [3.8, 4) is 0 Å². The topological polar surface area (TPSA) is 49.3 Å². The molecule has 1 unspecified atom stereocenters. The van der Waals surface area contributed by atoms with Crippen molar-refractivity contribution < 1.29 is 9.90 Å². The number of aliphatic hydroxyl groups is 1. The number of rotatable bonds is 4. The van der Waals surface area contributed by atoms with Crippen LogP contribution in [0.2, 0.25) is 0 Å². The maximum absolute atomic E-state index is 11.7. The van der Waals surface area contributed by atoms with Crippen LogP contribution in [0.3, 0.4) is 0 Å². The summed E-state index contributed by atoms with van der Waals surface area (Å²) >= 11 is 1.45. The third-order valence-electron chi connectivity index (χ3n) is 2.66. The van der Waals surface area contributed by atoms with E-state index in [1.165, 1.54) is 11.3 Å². The third-order valence-corrected chi connectivity index (χ3v) is 3.71. The van der Waals surface area contributed by atoms with Gasteiger partial charge in [-0.15, -0.1) is 11.3 Å². The van der Waals surface area contributed by atoms with E-state index < -0.39 is 0 Å². The summed E-state index contributed by atoms with van der Waals surface area (Å²) in [6.45, 7) is 2.01. The molecule has 0 spiro atoms. The molecule has 2 N–H and O–H groups in total. The first kappa shape index (κ1) is 10.6. The molecule has 1 atom stereocenters. The van der Waals surface area contributed by atoms with Crippen LogP contribution in [-0.4, -0.2) is 23.7 Å². The highest BCUT2D eigenvalue weighted by molar-refractivity contribution is 7.12. The Hall–Kier alpha value is -0.870. The highest BCUT2D eigenvalue weighted by Gasteiger charge is 2.31. The summed E-state index contributed by atoms with van der Waals surface area (Å²) in [4.78, 5) is 12.5. The summed E-state index contributed by atoms with van der Waals surface area (Å²) in [6.07, 6.45) is 2.24. The van der Waals surface area contributed by atoms with Crippen LogP contribution in [-0.2, 0) is 0 Å². The Morgan fingerprint density at radius 2 is 2.47 bits per heavy atom. The molecule has 1 saturated carbocycles. The van der Waals surface area contributed by atoms with Gasteiger partial charge in [0.2, 0.25) is 0 Å². The zero-order valence-corrected chi connectivity index (χ0v) is 9.51. The van der Waals surface area contributed by atoms with Crippen molar-refractivity contribution in [2.24, 2.45) is 5.92 Å². The number of aliphatic hydroxyl groups excluding tert-OH is 1. The van der Waals surface area contributed by atoms with Crippen LogP contribution in [0.5, 0.6) is 0 Å². The Labute approximate surface area is 93.1 Å². The van der Waals surface area contributed by atoms with Crippen LogP contribution < -0.4 is 5.32 Å². The van der Waals surface area contributed by atoms with Gasteiger partial charge < -0.3 is 10.4 Å². The SMILES string of the molecule is Cc1csc(C(=O)NC(CO)C2CC2)c1. The number of hydrogen-bond donors (Lipinski definition) is 2. The van der Waals surface area contributed by atoms with Crippen LogP contribution in [0.1, 0.15) is 28.1 Å². The largest absolute Gasteiger partial charge is 0.394 e. The zero-order chi connectivity index (χ0) is 10.8. The molecule has 1 aliphatic rings. The minimum atomic E-state index is -0.0564. The molecule has 1 heterocycles. The van der Waals surface area contributed by atoms with Gasteiger partial charge in [-0.1, -0.05) is 0 Å². The van der Waals surface area contributed by atoms with Crippen LogP contribution in [0, 0.1) is 12.8 Å². The van der Waals surface area contributed by atoms with Gasteiger partial charge in [-0.25, -0.2) is 0 Å². The van der Waals surface area contributed by atoms with Crippen molar-refractivity contribution in [1.29, 1.82) is 0 Å². The molecular weight excluding hydrogens is 210 g/mol. The summed E-state index contributed by atoms with van der Waals surface area (Å²) in [5.74, 6) is 0.430. The van der Waals surface area contributed by atoms with Crippen molar-refractivity contribution in [3.63, 3.8) is 0 Å². The summed E-state index contributed by atoms with van der Waals surface area (Å²) < 4.78 is 0. The minimum Gasteiger partial charge on any atom is -0.394 e. The van der Waals surface area contributed by atoms with Gasteiger partial charge in [0.15, 0.2) is 0 Å². The molecule has 1 amide bonds. The second-order valence-corrected chi connectivity index (χ2v) is 5.00. The molecule has 1 aromatic rings. The molecule has 4 heteroatoms. The monoisotopic (exact) mass is 225 g/mol. The molecule has 15 heavy (non-hydrogen) atoms. The number of carbonyl (C=O) groups is 1. The van der Waals surface area contributed by atoms with Crippen molar-refractivity contribution in [3.05, 3.63) is 21.9 Å². The number of amides is 1. The standard InChI is InChI=1S/C11H15NO2S/c1-7-4-10(15-6-7)11(14)12-9(5-13)8-2-3-8/h4,6,8-9,13H,2-3,5H2,1H3,(H,12,14). The Balaban J connectivity index is 1.96. The van der Waals surface area contributed by atoms with Crippen LogP contribution in [0.4, 0.5) is 0 Å². The number of carbonyl (C=O) groups excluding carboxylic acids is 1. The fraction of sp³-hybridized carbons (Fsp3) is 0.545. The minimum absolute atomic E-state index is 0.0424. The summed E-state index contributed by atoms with van der Waals surface area (Å²) in [6, 6.07) is 1.82. The lowest BCUT2D eigenvalue weighted by Gasteiger charge is -2.14. The molecule has 0 radical (unpaired) electrons. The fourth-order valence-electron chi connectivity index (χ4n) is 1.60. The summed E-state index contributed by atoms with van der Waals surface area (Å²) in [5, 5.41) is 14.0. The number of thiophene rings is 1. The zero-order valence-electron chi connectivity index (χ0n) is 8.69. The Morgan fingerprint density at radius 1 is 1.73 bits per heavy atom. The van der Waals surface area contributed by atoms with Gasteiger partial charge >= 0.3 is 0 Å². The maximum Gasteiger partial charge on any atom is 0.261 e. The third kappa shape index (κ3) is 2.58. The van der Waals surface area contributed by atoms with E-state index in [2.05, 4.69) is 5.32 Å². The van der Waals surface area contributed by atoms with Crippen molar-refractivity contribution in [2.75, 3.05) is 6.61 Å². The van der Waals surface area contributed by atoms with Crippen molar-refractivity contribution in [1.82, 2.24) is 5.32 Å². The highest BCUT2D eigenvalue weighted by atomic mass is 32.1. The molecule has 82 valence electrons. The smallest absolute Gasteiger partial charge is 0.261 e. The van der Waals surface area contributed by atoms with E-state index in [9.17, 15) is 4.79 Å². The van der Waals surface area contributed by atoms with E-state index in [-0.39, 0.29) is 18.6 Å². The van der Waals surface area contributed by atoms with Gasteiger partial charge in [-0.2, -0.15) is 0 Å². The number of aryl methyl sites for hydroxylation is 1. The molecule has 0 aromatic carbocycles. The first-order chi connectivity index (χ1) is 7.20. The van der Waals surface area contributed by atoms with Crippen molar-refractivity contribution in [2.45, 2.75) is 25.8 Å². The molecule has 0 bridgehead atoms. The van der Waals surface area contributed by atoms with Gasteiger partial charge in [0.1, 0.15) is 0 Å². The van der Waals surface area contributed by atoms with E-state index in [0.29, 0.717) is 5.92 Å². The lowest BCUT2D eigenvalue weighted by Crippen LogP contribution is -2.38. The highest BCUT2D eigenvalue weighted by Crippen LogP contribution is 2.32. The van der Waals surface area contributed by atoms with Gasteiger partial charge in [-0.3, -0.25) is 4.79 Å². The normalized spacial score (nSPS) is 17.5. The number of nitrogens with one attached hydrogen (secondary N) is 1. The predicted molar refractivity (Wildman–Crippen MR) is 60.1 cm³/mol. The second kappa shape index (κ2) is 4.33. The summed E-state index contributed by atoms with van der Waals surface area (Å²) in [5.41, 5.74) is 1.11. The molecule has 1 aliphatic carbocycles. The summed E-state index contributed by atoms with van der Waals surface area (Å²) in [7, 11) is 0.